The van der Waals surface area contributed by atoms with E-state index in [-0.39, 0.29) is 17.9 Å². The molecule has 1 aromatic heterocycles. The smallest absolute Gasteiger partial charge is 0.231 e. The van der Waals surface area contributed by atoms with Crippen molar-refractivity contribution in [3.8, 4) is 0 Å². The van der Waals surface area contributed by atoms with Crippen molar-refractivity contribution in [1.29, 1.82) is 0 Å². The Hall–Kier alpha value is -2.29. The first kappa shape index (κ1) is 23.9. The molecule has 4 rings (SSSR count). The van der Waals surface area contributed by atoms with Crippen LogP contribution in [0.15, 0.2) is 24.5 Å². The van der Waals surface area contributed by atoms with Crippen LogP contribution in [0.5, 0.6) is 0 Å². The number of aromatic nitrogens is 2. The molecule has 1 amide bonds. The van der Waals surface area contributed by atoms with Gasteiger partial charge >= 0.3 is 0 Å². The van der Waals surface area contributed by atoms with Crippen LogP contribution in [0.2, 0.25) is 5.02 Å². The molecule has 0 radical (unpaired) electrons. The molecule has 1 fully saturated rings. The third-order valence-electron chi connectivity index (χ3n) is 6.54. The summed E-state index contributed by atoms with van der Waals surface area (Å²) in [5, 5.41) is 13.9. The van der Waals surface area contributed by atoms with Crippen molar-refractivity contribution in [2.45, 2.75) is 51.2 Å². The van der Waals surface area contributed by atoms with Crippen molar-refractivity contribution >= 4 is 23.3 Å². The minimum absolute atomic E-state index is 0.0965. The quantitative estimate of drug-likeness (QED) is 0.667. The van der Waals surface area contributed by atoms with E-state index in [0.717, 1.165) is 11.4 Å². The van der Waals surface area contributed by atoms with E-state index in [1.807, 2.05) is 13.8 Å². The molecule has 33 heavy (non-hydrogen) atoms. The predicted molar refractivity (Wildman–Crippen MR) is 126 cm³/mol. The van der Waals surface area contributed by atoms with Crippen molar-refractivity contribution in [3.05, 3.63) is 52.2 Å². The number of benzene rings is 1. The lowest BCUT2D eigenvalue weighted by atomic mass is 9.96. The summed E-state index contributed by atoms with van der Waals surface area (Å²) >= 11 is 5.93. The van der Waals surface area contributed by atoms with Gasteiger partial charge < -0.3 is 20.2 Å². The largest absolute Gasteiger partial charge is 0.387 e. The molecule has 0 saturated carbocycles. The molecule has 178 valence electrons. The third kappa shape index (κ3) is 4.98. The standard InChI is InChI=1S/C24H31ClFN5O2/c1-14(2)27-12-18(17-5-4-16(25)11-19(17)26)24(33)31-8-6-30(7-9-31)23-21-15(3)10-20(32)22(21)28-13-29-23/h4-5,11,13-15,18,20,27,32H,6-10,12H2,1-3H3/t15-,18+,20-/m1/s1. The van der Waals surface area contributed by atoms with E-state index < -0.39 is 17.8 Å². The molecule has 0 bridgehead atoms. The zero-order valence-corrected chi connectivity index (χ0v) is 20.0. The lowest BCUT2D eigenvalue weighted by molar-refractivity contribution is -0.133. The maximum Gasteiger partial charge on any atom is 0.231 e. The van der Waals surface area contributed by atoms with Crippen LogP contribution < -0.4 is 10.2 Å². The van der Waals surface area contributed by atoms with Crippen LogP contribution in [0.25, 0.3) is 0 Å². The summed E-state index contributed by atoms with van der Waals surface area (Å²) < 4.78 is 14.7. The first-order chi connectivity index (χ1) is 15.8. The minimum Gasteiger partial charge on any atom is -0.387 e. The fourth-order valence-corrected chi connectivity index (χ4v) is 4.94. The van der Waals surface area contributed by atoms with Crippen molar-refractivity contribution in [3.63, 3.8) is 0 Å². The summed E-state index contributed by atoms with van der Waals surface area (Å²) in [6.45, 7) is 8.69. The van der Waals surface area contributed by atoms with Crippen molar-refractivity contribution in [1.82, 2.24) is 20.2 Å². The number of aliphatic hydroxyl groups excluding tert-OH is 1. The number of rotatable bonds is 6. The van der Waals surface area contributed by atoms with E-state index in [0.29, 0.717) is 55.4 Å². The summed E-state index contributed by atoms with van der Waals surface area (Å²) in [6.07, 6.45) is 1.60. The average Bonchev–Trinajstić information content (AvgIpc) is 3.08. The number of aliphatic hydroxyl groups is 1. The summed E-state index contributed by atoms with van der Waals surface area (Å²) in [6, 6.07) is 4.66. The molecule has 1 aromatic carbocycles. The first-order valence-electron chi connectivity index (χ1n) is 11.5. The molecule has 1 saturated heterocycles. The van der Waals surface area contributed by atoms with Gasteiger partial charge in [0.2, 0.25) is 5.91 Å². The Morgan fingerprint density at radius 3 is 2.67 bits per heavy atom. The molecule has 2 aliphatic rings. The number of anilines is 1. The minimum atomic E-state index is -0.630. The Labute approximate surface area is 199 Å². The number of hydrogen-bond acceptors (Lipinski definition) is 6. The van der Waals surface area contributed by atoms with E-state index in [9.17, 15) is 14.3 Å². The summed E-state index contributed by atoms with van der Waals surface area (Å²) in [5.74, 6) is -0.160. The Morgan fingerprint density at radius 2 is 2.00 bits per heavy atom. The van der Waals surface area contributed by atoms with Gasteiger partial charge in [0.15, 0.2) is 0 Å². The fourth-order valence-electron chi connectivity index (χ4n) is 4.78. The molecule has 0 spiro atoms. The van der Waals surface area contributed by atoms with Crippen LogP contribution in [-0.4, -0.2) is 64.6 Å². The molecule has 9 heteroatoms. The summed E-state index contributed by atoms with van der Waals surface area (Å²) in [7, 11) is 0. The van der Waals surface area contributed by atoms with Crippen LogP contribution in [0.1, 0.15) is 62.0 Å². The van der Waals surface area contributed by atoms with Crippen molar-refractivity contribution in [2.24, 2.45) is 0 Å². The number of carbonyl (C=O) groups is 1. The van der Waals surface area contributed by atoms with Crippen molar-refractivity contribution < 1.29 is 14.3 Å². The molecule has 7 nitrogen and oxygen atoms in total. The molecule has 3 atom stereocenters. The van der Waals surface area contributed by atoms with E-state index in [4.69, 9.17) is 11.6 Å². The van der Waals surface area contributed by atoms with Gasteiger partial charge in [-0.15, -0.1) is 0 Å². The highest BCUT2D eigenvalue weighted by Crippen LogP contribution is 2.42. The van der Waals surface area contributed by atoms with Crippen LogP contribution in [-0.2, 0) is 4.79 Å². The fraction of sp³-hybridized carbons (Fsp3) is 0.542. The number of hydrogen-bond donors (Lipinski definition) is 2. The number of amides is 1. The lowest BCUT2D eigenvalue weighted by Crippen LogP contribution is -2.51. The normalized spacial score (nSPS) is 21.4. The number of piperazine rings is 1. The molecular formula is C24H31ClFN5O2. The molecule has 1 aliphatic carbocycles. The van der Waals surface area contributed by atoms with Gasteiger partial charge in [0.1, 0.15) is 18.0 Å². The molecular weight excluding hydrogens is 445 g/mol. The molecule has 1 aliphatic heterocycles. The van der Waals surface area contributed by atoms with Crippen LogP contribution in [0.4, 0.5) is 10.2 Å². The topological polar surface area (TPSA) is 81.6 Å². The first-order valence-corrected chi connectivity index (χ1v) is 11.9. The maximum atomic E-state index is 14.7. The molecule has 2 N–H and O–H groups in total. The monoisotopic (exact) mass is 475 g/mol. The van der Waals surface area contributed by atoms with Gasteiger partial charge in [-0.25, -0.2) is 14.4 Å². The third-order valence-corrected chi connectivity index (χ3v) is 6.77. The van der Waals surface area contributed by atoms with Gasteiger partial charge in [-0.05, 0) is 24.5 Å². The number of halogens is 2. The number of nitrogens with one attached hydrogen (secondary N) is 1. The second-order valence-electron chi connectivity index (χ2n) is 9.24. The van der Waals surface area contributed by atoms with E-state index in [1.165, 1.54) is 12.4 Å². The van der Waals surface area contributed by atoms with Crippen LogP contribution in [0, 0.1) is 5.82 Å². The molecule has 2 heterocycles. The highest BCUT2D eigenvalue weighted by molar-refractivity contribution is 6.30. The lowest BCUT2D eigenvalue weighted by Gasteiger charge is -2.38. The Morgan fingerprint density at radius 1 is 1.27 bits per heavy atom. The summed E-state index contributed by atoms with van der Waals surface area (Å²) in [5.41, 5.74) is 2.08. The number of carbonyl (C=O) groups excluding carboxylic acids is 1. The highest BCUT2D eigenvalue weighted by Gasteiger charge is 2.35. The van der Waals surface area contributed by atoms with Crippen LogP contribution >= 0.6 is 11.6 Å². The van der Waals surface area contributed by atoms with Gasteiger partial charge in [0.05, 0.1) is 17.7 Å². The van der Waals surface area contributed by atoms with Gasteiger partial charge in [-0.2, -0.15) is 0 Å². The van der Waals surface area contributed by atoms with Gasteiger partial charge in [-0.3, -0.25) is 4.79 Å². The zero-order chi connectivity index (χ0) is 23.7. The zero-order valence-electron chi connectivity index (χ0n) is 19.3. The highest BCUT2D eigenvalue weighted by atomic mass is 35.5. The Bertz CT molecular complexity index is 1010. The molecule has 2 aromatic rings. The van der Waals surface area contributed by atoms with Gasteiger partial charge in [-0.1, -0.05) is 38.4 Å². The number of fused-ring (bicyclic) bond motifs is 1. The Kier molecular flexibility index (Phi) is 7.16. The molecule has 0 unspecified atom stereocenters. The van der Waals surface area contributed by atoms with E-state index >= 15 is 0 Å². The second-order valence-corrected chi connectivity index (χ2v) is 9.68. The average molecular weight is 476 g/mol. The Balaban J connectivity index is 1.50. The van der Waals surface area contributed by atoms with Gasteiger partial charge in [0, 0.05) is 54.9 Å². The predicted octanol–water partition coefficient (Wildman–Crippen LogP) is 3.24. The maximum absolute atomic E-state index is 14.7. The van der Waals surface area contributed by atoms with Crippen molar-refractivity contribution in [2.75, 3.05) is 37.6 Å². The van der Waals surface area contributed by atoms with E-state index in [2.05, 4.69) is 27.1 Å². The van der Waals surface area contributed by atoms with Gasteiger partial charge in [0.25, 0.3) is 0 Å². The van der Waals surface area contributed by atoms with Crippen LogP contribution in [0.3, 0.4) is 0 Å². The second kappa shape index (κ2) is 9.91. The summed E-state index contributed by atoms with van der Waals surface area (Å²) in [4.78, 5) is 26.2. The van der Waals surface area contributed by atoms with E-state index in [1.54, 1.807) is 17.0 Å². The SMILES string of the molecule is CC(C)NC[C@H](C(=O)N1CCN(c2ncnc3c2[C@H](C)C[C@H]3O)CC1)c1ccc(Cl)cc1F. The number of nitrogens with zero attached hydrogens (tertiary/aromatic N) is 4.